The number of fused-ring (bicyclic) bond motifs is 1. The fourth-order valence-electron chi connectivity index (χ4n) is 2.39. The maximum absolute atomic E-state index is 12.6. The van der Waals surface area contributed by atoms with Gasteiger partial charge in [-0.2, -0.15) is 4.98 Å². The number of carbonyl (C=O) groups is 1. The van der Waals surface area contributed by atoms with Gasteiger partial charge in [0.05, 0.1) is 11.7 Å². The molecule has 0 radical (unpaired) electrons. The Hall–Kier alpha value is -3.22. The highest BCUT2D eigenvalue weighted by molar-refractivity contribution is 6.05. The van der Waals surface area contributed by atoms with Crippen LogP contribution >= 0.6 is 0 Å². The van der Waals surface area contributed by atoms with Crippen LogP contribution in [0.1, 0.15) is 10.5 Å². The summed E-state index contributed by atoms with van der Waals surface area (Å²) in [5.41, 5.74) is 1.66. The average molecular weight is 336 g/mol. The van der Waals surface area contributed by atoms with E-state index in [1.54, 1.807) is 12.3 Å². The Balaban J connectivity index is 1.91. The molecule has 3 aromatic rings. The Morgan fingerprint density at radius 2 is 1.72 bits per heavy atom. The summed E-state index contributed by atoms with van der Waals surface area (Å²) in [6.07, 6.45) is 1.61. The van der Waals surface area contributed by atoms with Crippen LogP contribution in [-0.2, 0) is 0 Å². The van der Waals surface area contributed by atoms with E-state index in [0.29, 0.717) is 23.1 Å². The molecule has 0 aliphatic heterocycles. The Bertz CT molecular complexity index is 922. The first kappa shape index (κ1) is 16.6. The van der Waals surface area contributed by atoms with Crippen molar-refractivity contribution < 1.29 is 4.79 Å². The molecular formula is C18H20N6O. The van der Waals surface area contributed by atoms with Gasteiger partial charge in [-0.15, -0.1) is 0 Å². The summed E-state index contributed by atoms with van der Waals surface area (Å²) < 4.78 is 0. The van der Waals surface area contributed by atoms with E-state index in [4.69, 9.17) is 0 Å². The van der Waals surface area contributed by atoms with Crippen LogP contribution in [0.3, 0.4) is 0 Å². The summed E-state index contributed by atoms with van der Waals surface area (Å²) in [6.45, 7) is 0. The van der Waals surface area contributed by atoms with Gasteiger partial charge in [-0.25, -0.2) is 9.97 Å². The van der Waals surface area contributed by atoms with E-state index < -0.39 is 0 Å². The molecule has 2 aromatic heterocycles. The number of hydrogen-bond acceptors (Lipinski definition) is 6. The van der Waals surface area contributed by atoms with Gasteiger partial charge in [-0.3, -0.25) is 4.79 Å². The topological polar surface area (TPSA) is 74.2 Å². The van der Waals surface area contributed by atoms with Crippen LogP contribution in [-0.4, -0.2) is 49.0 Å². The van der Waals surface area contributed by atoms with Crippen LogP contribution in [0, 0.1) is 0 Å². The second kappa shape index (κ2) is 6.72. The number of amides is 1. The van der Waals surface area contributed by atoms with Crippen LogP contribution in [0.25, 0.3) is 10.9 Å². The van der Waals surface area contributed by atoms with Crippen LogP contribution in [0.5, 0.6) is 0 Å². The van der Waals surface area contributed by atoms with Gasteiger partial charge in [0, 0.05) is 33.6 Å². The molecule has 3 rings (SSSR count). The fraction of sp³-hybridized carbons (Fsp3) is 0.222. The molecule has 1 amide bonds. The first-order valence-electron chi connectivity index (χ1n) is 7.84. The molecule has 0 saturated heterocycles. The highest BCUT2D eigenvalue weighted by Crippen LogP contribution is 2.23. The minimum atomic E-state index is -0.296. The standard InChI is InChI=1S/C18H20N6O/c1-23(2)16-15(11-19-18(22-16)24(3)4)21-17(25)14-10-9-12-7-5-6-8-13(12)20-14/h5-11H,1-4H3,(H,21,25). The number of para-hydroxylation sites is 1. The zero-order chi connectivity index (χ0) is 18.0. The minimum absolute atomic E-state index is 0.296. The average Bonchev–Trinajstić information content (AvgIpc) is 2.61. The molecule has 25 heavy (non-hydrogen) atoms. The molecule has 1 aromatic carbocycles. The summed E-state index contributed by atoms with van der Waals surface area (Å²) in [6, 6.07) is 11.3. The molecule has 1 N–H and O–H groups in total. The maximum Gasteiger partial charge on any atom is 0.274 e. The molecule has 0 fully saturated rings. The lowest BCUT2D eigenvalue weighted by Gasteiger charge is -2.19. The molecule has 2 heterocycles. The van der Waals surface area contributed by atoms with Crippen molar-refractivity contribution in [3.63, 3.8) is 0 Å². The lowest BCUT2D eigenvalue weighted by atomic mass is 10.2. The number of nitrogens with one attached hydrogen (secondary N) is 1. The van der Waals surface area contributed by atoms with E-state index in [9.17, 15) is 4.79 Å². The number of hydrogen-bond donors (Lipinski definition) is 1. The zero-order valence-corrected chi connectivity index (χ0v) is 14.7. The van der Waals surface area contributed by atoms with E-state index in [2.05, 4.69) is 20.3 Å². The molecular weight excluding hydrogens is 316 g/mol. The van der Waals surface area contributed by atoms with Gasteiger partial charge in [0.1, 0.15) is 11.4 Å². The molecule has 7 heteroatoms. The number of aromatic nitrogens is 3. The highest BCUT2D eigenvalue weighted by atomic mass is 16.1. The van der Waals surface area contributed by atoms with Gasteiger partial charge in [0.2, 0.25) is 5.95 Å². The number of anilines is 3. The van der Waals surface area contributed by atoms with Crippen LogP contribution < -0.4 is 15.1 Å². The Morgan fingerprint density at radius 3 is 2.44 bits per heavy atom. The van der Waals surface area contributed by atoms with Gasteiger partial charge >= 0.3 is 0 Å². The normalized spacial score (nSPS) is 10.6. The van der Waals surface area contributed by atoms with E-state index in [1.807, 2.05) is 68.3 Å². The molecule has 0 aliphatic rings. The summed E-state index contributed by atoms with van der Waals surface area (Å²) >= 11 is 0. The first-order chi connectivity index (χ1) is 12.0. The van der Waals surface area contributed by atoms with E-state index in [0.717, 1.165) is 10.9 Å². The Labute approximate surface area is 146 Å². The minimum Gasteiger partial charge on any atom is -0.361 e. The quantitative estimate of drug-likeness (QED) is 0.789. The van der Waals surface area contributed by atoms with Gasteiger partial charge in [0.25, 0.3) is 5.91 Å². The Morgan fingerprint density at radius 1 is 0.960 bits per heavy atom. The van der Waals surface area contributed by atoms with Gasteiger partial charge in [-0.1, -0.05) is 24.3 Å². The smallest absolute Gasteiger partial charge is 0.274 e. The van der Waals surface area contributed by atoms with Crippen LogP contribution in [0.2, 0.25) is 0 Å². The summed E-state index contributed by atoms with van der Waals surface area (Å²) in [7, 11) is 7.47. The van der Waals surface area contributed by atoms with Gasteiger partial charge < -0.3 is 15.1 Å². The van der Waals surface area contributed by atoms with Crippen molar-refractivity contribution in [3.05, 3.63) is 48.3 Å². The van der Waals surface area contributed by atoms with Crippen molar-refractivity contribution in [1.29, 1.82) is 0 Å². The van der Waals surface area contributed by atoms with Crippen molar-refractivity contribution in [2.24, 2.45) is 0 Å². The van der Waals surface area contributed by atoms with Crippen molar-refractivity contribution in [2.75, 3.05) is 43.3 Å². The summed E-state index contributed by atoms with van der Waals surface area (Å²) in [5, 5.41) is 3.84. The molecule has 0 spiro atoms. The monoisotopic (exact) mass is 336 g/mol. The number of nitrogens with zero attached hydrogens (tertiary/aromatic N) is 5. The van der Waals surface area contributed by atoms with E-state index >= 15 is 0 Å². The predicted molar refractivity (Wildman–Crippen MR) is 100 cm³/mol. The van der Waals surface area contributed by atoms with E-state index in [-0.39, 0.29) is 5.91 Å². The van der Waals surface area contributed by atoms with E-state index in [1.165, 1.54) is 0 Å². The summed E-state index contributed by atoms with van der Waals surface area (Å²) in [5.74, 6) is 0.911. The van der Waals surface area contributed by atoms with Crippen molar-refractivity contribution >= 4 is 34.3 Å². The van der Waals surface area contributed by atoms with Crippen molar-refractivity contribution in [3.8, 4) is 0 Å². The first-order valence-corrected chi connectivity index (χ1v) is 7.84. The molecule has 128 valence electrons. The highest BCUT2D eigenvalue weighted by Gasteiger charge is 2.15. The third kappa shape index (κ3) is 3.50. The maximum atomic E-state index is 12.6. The second-order valence-electron chi connectivity index (χ2n) is 6.04. The molecule has 0 aliphatic carbocycles. The van der Waals surface area contributed by atoms with Crippen LogP contribution in [0.15, 0.2) is 42.6 Å². The van der Waals surface area contributed by atoms with Gasteiger partial charge in [-0.05, 0) is 12.1 Å². The van der Waals surface area contributed by atoms with Crippen molar-refractivity contribution in [1.82, 2.24) is 15.0 Å². The lowest BCUT2D eigenvalue weighted by Crippen LogP contribution is -2.21. The third-order valence-electron chi connectivity index (χ3n) is 3.66. The second-order valence-corrected chi connectivity index (χ2v) is 6.04. The molecule has 0 unspecified atom stereocenters. The molecule has 0 saturated carbocycles. The summed E-state index contributed by atoms with van der Waals surface area (Å²) in [4.78, 5) is 29.4. The largest absolute Gasteiger partial charge is 0.361 e. The van der Waals surface area contributed by atoms with Crippen molar-refractivity contribution in [2.45, 2.75) is 0 Å². The predicted octanol–water partition coefficient (Wildman–Crippen LogP) is 2.41. The number of benzene rings is 1. The Kier molecular flexibility index (Phi) is 4.47. The SMILES string of the molecule is CN(C)c1ncc(NC(=O)c2ccc3ccccc3n2)c(N(C)C)n1. The molecule has 0 atom stereocenters. The third-order valence-corrected chi connectivity index (χ3v) is 3.66. The number of carbonyl (C=O) groups excluding carboxylic acids is 1. The zero-order valence-electron chi connectivity index (χ0n) is 14.7. The molecule has 0 bridgehead atoms. The lowest BCUT2D eigenvalue weighted by molar-refractivity contribution is 0.102. The van der Waals surface area contributed by atoms with Crippen LogP contribution in [0.4, 0.5) is 17.5 Å². The number of pyridine rings is 1. The van der Waals surface area contributed by atoms with Gasteiger partial charge in [0.15, 0.2) is 5.82 Å². The molecule has 7 nitrogen and oxygen atoms in total. The fourth-order valence-corrected chi connectivity index (χ4v) is 2.39. The number of rotatable bonds is 4.